The molecule has 5 heteroatoms. The second-order valence-corrected chi connectivity index (χ2v) is 7.05. The van der Waals surface area contributed by atoms with Crippen LogP contribution in [0.1, 0.15) is 51.9 Å². The Bertz CT molecular complexity index is 345. The van der Waals surface area contributed by atoms with Crippen molar-refractivity contribution in [2.45, 2.75) is 58.0 Å². The minimum absolute atomic E-state index is 0.155. The van der Waals surface area contributed by atoms with Crippen molar-refractivity contribution in [3.63, 3.8) is 0 Å². The Morgan fingerprint density at radius 1 is 1.30 bits per heavy atom. The van der Waals surface area contributed by atoms with Gasteiger partial charge in [0.05, 0.1) is 18.1 Å². The number of carbonyl (C=O) groups excluding carboxylic acids is 1. The van der Waals surface area contributed by atoms with Crippen molar-refractivity contribution < 1.29 is 14.3 Å². The number of amides is 1. The number of piperidine rings is 1. The molecule has 5 nitrogen and oxygen atoms in total. The Labute approximate surface area is 140 Å². The standard InChI is InChI=1S/C18H34N2O3/c1-3-23-16(15-6-4-5-7-15)8-11-20-17(21)18(14-22-2)9-12-19-13-10-18/h15-16,19H,3-14H2,1-2H3,(H,20,21). The normalized spacial score (nSPS) is 22.9. The van der Waals surface area contributed by atoms with E-state index < -0.39 is 0 Å². The van der Waals surface area contributed by atoms with Crippen LogP contribution in [0.2, 0.25) is 0 Å². The molecule has 1 saturated carbocycles. The fourth-order valence-corrected chi connectivity index (χ4v) is 4.13. The third-order valence-electron chi connectivity index (χ3n) is 5.48. The van der Waals surface area contributed by atoms with Crippen molar-refractivity contribution in [3.05, 3.63) is 0 Å². The van der Waals surface area contributed by atoms with Crippen LogP contribution in [-0.4, -0.2) is 52.0 Å². The highest BCUT2D eigenvalue weighted by Crippen LogP contribution is 2.31. The van der Waals surface area contributed by atoms with Crippen LogP contribution in [0.4, 0.5) is 0 Å². The van der Waals surface area contributed by atoms with Crippen molar-refractivity contribution in [2.24, 2.45) is 11.3 Å². The average Bonchev–Trinajstić information content (AvgIpc) is 3.09. The molecule has 1 amide bonds. The van der Waals surface area contributed by atoms with E-state index in [1.165, 1.54) is 25.7 Å². The van der Waals surface area contributed by atoms with Crippen LogP contribution >= 0.6 is 0 Å². The molecule has 1 aliphatic heterocycles. The molecule has 23 heavy (non-hydrogen) atoms. The van der Waals surface area contributed by atoms with Gasteiger partial charge in [0.15, 0.2) is 0 Å². The molecular weight excluding hydrogens is 292 g/mol. The van der Waals surface area contributed by atoms with Gasteiger partial charge in [-0.25, -0.2) is 0 Å². The lowest BCUT2D eigenvalue weighted by Gasteiger charge is -2.35. The zero-order chi connectivity index (χ0) is 16.5. The fraction of sp³-hybridized carbons (Fsp3) is 0.944. The third kappa shape index (κ3) is 5.16. The summed E-state index contributed by atoms with van der Waals surface area (Å²) in [6.07, 6.45) is 8.12. The molecule has 0 spiro atoms. The molecule has 0 bridgehead atoms. The first-order valence-electron chi connectivity index (χ1n) is 9.31. The number of carbonyl (C=O) groups is 1. The Morgan fingerprint density at radius 3 is 2.61 bits per heavy atom. The lowest BCUT2D eigenvalue weighted by molar-refractivity contribution is -0.136. The Balaban J connectivity index is 1.81. The van der Waals surface area contributed by atoms with Gasteiger partial charge in [0.1, 0.15) is 0 Å². The molecule has 0 aromatic rings. The Hall–Kier alpha value is -0.650. The Morgan fingerprint density at radius 2 is 2.00 bits per heavy atom. The first-order valence-corrected chi connectivity index (χ1v) is 9.31. The lowest BCUT2D eigenvalue weighted by atomic mass is 9.78. The number of hydrogen-bond donors (Lipinski definition) is 2. The maximum atomic E-state index is 12.7. The van der Waals surface area contributed by atoms with E-state index in [0.717, 1.165) is 39.0 Å². The number of nitrogens with one attached hydrogen (secondary N) is 2. The highest BCUT2D eigenvalue weighted by Gasteiger charge is 2.39. The summed E-state index contributed by atoms with van der Waals surface area (Å²) in [6.45, 7) is 5.81. The van der Waals surface area contributed by atoms with Gasteiger partial charge in [-0.1, -0.05) is 12.8 Å². The number of methoxy groups -OCH3 is 1. The van der Waals surface area contributed by atoms with E-state index in [-0.39, 0.29) is 11.3 Å². The second kappa shape index (κ2) is 9.60. The lowest BCUT2D eigenvalue weighted by Crippen LogP contribution is -2.50. The van der Waals surface area contributed by atoms with Gasteiger partial charge in [-0.3, -0.25) is 4.79 Å². The zero-order valence-corrected chi connectivity index (χ0v) is 14.9. The van der Waals surface area contributed by atoms with E-state index >= 15 is 0 Å². The van der Waals surface area contributed by atoms with E-state index in [2.05, 4.69) is 17.6 Å². The predicted molar refractivity (Wildman–Crippen MR) is 91.4 cm³/mol. The van der Waals surface area contributed by atoms with Crippen molar-refractivity contribution in [1.82, 2.24) is 10.6 Å². The molecule has 134 valence electrons. The summed E-state index contributed by atoms with van der Waals surface area (Å²) in [5.41, 5.74) is -0.353. The molecule has 0 radical (unpaired) electrons. The molecule has 2 rings (SSSR count). The number of rotatable bonds is 9. The van der Waals surface area contributed by atoms with Crippen LogP contribution in [0, 0.1) is 11.3 Å². The van der Waals surface area contributed by atoms with Crippen LogP contribution in [0.5, 0.6) is 0 Å². The number of hydrogen-bond acceptors (Lipinski definition) is 4. The SMILES string of the molecule is CCOC(CCNC(=O)C1(COC)CCNCC1)C1CCCC1. The van der Waals surface area contributed by atoms with Gasteiger partial charge in [0.25, 0.3) is 0 Å². The maximum Gasteiger partial charge on any atom is 0.228 e. The summed E-state index contributed by atoms with van der Waals surface area (Å²) in [6, 6.07) is 0. The van der Waals surface area contributed by atoms with Crippen molar-refractivity contribution in [2.75, 3.05) is 40.0 Å². The summed E-state index contributed by atoms with van der Waals surface area (Å²) in [5.74, 6) is 0.834. The van der Waals surface area contributed by atoms with Gasteiger partial charge in [0.2, 0.25) is 5.91 Å². The molecule has 1 aliphatic carbocycles. The smallest absolute Gasteiger partial charge is 0.228 e. The molecule has 0 aromatic heterocycles. The Kier molecular flexibility index (Phi) is 7.80. The topological polar surface area (TPSA) is 59.6 Å². The fourth-order valence-electron chi connectivity index (χ4n) is 4.13. The van der Waals surface area contributed by atoms with Crippen LogP contribution in [0.3, 0.4) is 0 Å². The number of ether oxygens (including phenoxy) is 2. The summed E-state index contributed by atoms with van der Waals surface area (Å²) in [4.78, 5) is 12.7. The van der Waals surface area contributed by atoms with Crippen molar-refractivity contribution in [1.29, 1.82) is 0 Å². The molecule has 1 saturated heterocycles. The molecule has 2 N–H and O–H groups in total. The molecule has 0 aromatic carbocycles. The summed E-state index contributed by atoms with van der Waals surface area (Å²) in [5, 5.41) is 6.49. The highest BCUT2D eigenvalue weighted by molar-refractivity contribution is 5.83. The van der Waals surface area contributed by atoms with Crippen molar-refractivity contribution in [3.8, 4) is 0 Å². The van der Waals surface area contributed by atoms with Crippen molar-refractivity contribution >= 4 is 5.91 Å². The van der Waals surface area contributed by atoms with E-state index in [1.54, 1.807) is 7.11 Å². The largest absolute Gasteiger partial charge is 0.384 e. The quantitative estimate of drug-likeness (QED) is 0.681. The summed E-state index contributed by atoms with van der Waals surface area (Å²) in [7, 11) is 1.68. The first-order chi connectivity index (χ1) is 11.2. The van der Waals surface area contributed by atoms with E-state index in [1.807, 2.05) is 0 Å². The first kappa shape index (κ1) is 18.7. The maximum absolute atomic E-state index is 12.7. The minimum atomic E-state index is -0.353. The van der Waals surface area contributed by atoms with Gasteiger partial charge in [0, 0.05) is 20.3 Å². The van der Waals surface area contributed by atoms with E-state index in [4.69, 9.17) is 9.47 Å². The summed E-state index contributed by atoms with van der Waals surface area (Å²) >= 11 is 0. The zero-order valence-electron chi connectivity index (χ0n) is 14.9. The third-order valence-corrected chi connectivity index (χ3v) is 5.48. The van der Waals surface area contributed by atoms with E-state index in [0.29, 0.717) is 25.2 Å². The molecule has 2 fully saturated rings. The predicted octanol–water partition coefficient (Wildman–Crippen LogP) is 2.10. The average molecular weight is 326 g/mol. The summed E-state index contributed by atoms with van der Waals surface area (Å²) < 4.78 is 11.3. The molecule has 1 unspecified atom stereocenters. The molecule has 1 atom stereocenters. The van der Waals surface area contributed by atoms with Gasteiger partial charge in [-0.15, -0.1) is 0 Å². The van der Waals surface area contributed by atoms with E-state index in [9.17, 15) is 4.79 Å². The highest BCUT2D eigenvalue weighted by atomic mass is 16.5. The molecular formula is C18H34N2O3. The van der Waals surface area contributed by atoms with Gasteiger partial charge in [-0.2, -0.15) is 0 Å². The monoisotopic (exact) mass is 326 g/mol. The van der Waals surface area contributed by atoms with Crippen LogP contribution < -0.4 is 10.6 Å². The van der Waals surface area contributed by atoms with Gasteiger partial charge >= 0.3 is 0 Å². The van der Waals surface area contributed by atoms with Crippen LogP contribution in [0.25, 0.3) is 0 Å². The minimum Gasteiger partial charge on any atom is -0.384 e. The van der Waals surface area contributed by atoms with Crippen LogP contribution in [0.15, 0.2) is 0 Å². The van der Waals surface area contributed by atoms with Crippen LogP contribution in [-0.2, 0) is 14.3 Å². The molecule has 2 aliphatic rings. The molecule has 1 heterocycles. The van der Waals surface area contributed by atoms with Gasteiger partial charge < -0.3 is 20.1 Å². The van der Waals surface area contributed by atoms with Gasteiger partial charge in [-0.05, 0) is 58.0 Å². The second-order valence-electron chi connectivity index (χ2n) is 7.05.